The van der Waals surface area contributed by atoms with E-state index in [2.05, 4.69) is 0 Å². The lowest BCUT2D eigenvalue weighted by atomic mass is 10.3. The Morgan fingerprint density at radius 3 is 2.27 bits per heavy atom. The van der Waals surface area contributed by atoms with Crippen LogP contribution in [0.5, 0.6) is 0 Å². The molecule has 0 saturated heterocycles. The summed E-state index contributed by atoms with van der Waals surface area (Å²) in [5, 5.41) is 0. The fraction of sp³-hybridized carbons (Fsp3) is 0.333. The van der Waals surface area contributed by atoms with Crippen LogP contribution < -0.4 is 10.0 Å². The molecule has 0 aromatic heterocycles. The fourth-order valence-corrected chi connectivity index (χ4v) is 1.97. The van der Waals surface area contributed by atoms with Crippen molar-refractivity contribution in [2.24, 2.45) is 0 Å². The second-order valence-corrected chi connectivity index (χ2v) is 5.53. The highest BCUT2D eigenvalue weighted by Gasteiger charge is 2.20. The lowest BCUT2D eigenvalue weighted by Crippen LogP contribution is -2.37. The van der Waals surface area contributed by atoms with Gasteiger partial charge in [-0.2, -0.15) is 12.7 Å². The first-order valence-electron chi connectivity index (χ1n) is 4.37. The van der Waals surface area contributed by atoms with Crippen LogP contribution in [0.15, 0.2) is 24.3 Å². The van der Waals surface area contributed by atoms with Gasteiger partial charge < -0.3 is 5.73 Å². The molecule has 0 saturated carbocycles. The van der Waals surface area contributed by atoms with Crippen molar-refractivity contribution < 1.29 is 8.42 Å². The van der Waals surface area contributed by atoms with E-state index in [9.17, 15) is 8.42 Å². The normalized spacial score (nSPS) is 11.7. The van der Waals surface area contributed by atoms with E-state index in [1.807, 2.05) is 0 Å². The minimum absolute atomic E-state index is 0.535. The van der Waals surface area contributed by atoms with Crippen molar-refractivity contribution in [3.63, 3.8) is 0 Å². The molecule has 0 aliphatic carbocycles. The maximum Gasteiger partial charge on any atom is 0.303 e. The molecular formula is C9H15N3O2S. The van der Waals surface area contributed by atoms with Gasteiger partial charge >= 0.3 is 10.2 Å². The monoisotopic (exact) mass is 229 g/mol. The third-order valence-corrected chi connectivity index (χ3v) is 3.87. The molecule has 1 aromatic rings. The van der Waals surface area contributed by atoms with Crippen LogP contribution in [0.2, 0.25) is 0 Å². The first kappa shape index (κ1) is 11.8. The summed E-state index contributed by atoms with van der Waals surface area (Å²) in [5.74, 6) is 0. The van der Waals surface area contributed by atoms with Gasteiger partial charge in [-0.15, -0.1) is 0 Å². The van der Waals surface area contributed by atoms with Crippen molar-refractivity contribution >= 4 is 21.6 Å². The first-order chi connectivity index (χ1) is 6.85. The highest BCUT2D eigenvalue weighted by Crippen LogP contribution is 2.19. The van der Waals surface area contributed by atoms with Crippen LogP contribution in [0.25, 0.3) is 0 Å². The SMILES string of the molecule is CN(C)S(=O)(=O)N(C)c1cccc(N)c1. The van der Waals surface area contributed by atoms with Gasteiger partial charge in [-0.05, 0) is 18.2 Å². The quantitative estimate of drug-likeness (QED) is 0.768. The molecule has 0 fully saturated rings. The minimum Gasteiger partial charge on any atom is -0.399 e. The second-order valence-electron chi connectivity index (χ2n) is 3.35. The Bertz CT molecular complexity index is 442. The van der Waals surface area contributed by atoms with Crippen LogP contribution in [-0.4, -0.2) is 33.9 Å². The van der Waals surface area contributed by atoms with E-state index in [0.29, 0.717) is 11.4 Å². The average molecular weight is 229 g/mol. The van der Waals surface area contributed by atoms with Crippen molar-refractivity contribution in [3.8, 4) is 0 Å². The van der Waals surface area contributed by atoms with Gasteiger partial charge in [-0.1, -0.05) is 6.07 Å². The zero-order valence-electron chi connectivity index (χ0n) is 9.01. The highest BCUT2D eigenvalue weighted by atomic mass is 32.2. The number of nitrogens with zero attached hydrogens (tertiary/aromatic N) is 2. The van der Waals surface area contributed by atoms with Gasteiger partial charge in [0.2, 0.25) is 0 Å². The summed E-state index contributed by atoms with van der Waals surface area (Å²) in [7, 11) is 1.02. The standard InChI is InChI=1S/C9H15N3O2S/c1-11(2)15(13,14)12(3)9-6-4-5-8(10)7-9/h4-7H,10H2,1-3H3. The van der Waals surface area contributed by atoms with E-state index in [0.717, 1.165) is 4.31 Å². The van der Waals surface area contributed by atoms with E-state index in [1.165, 1.54) is 25.4 Å². The van der Waals surface area contributed by atoms with E-state index >= 15 is 0 Å². The minimum atomic E-state index is -3.44. The summed E-state index contributed by atoms with van der Waals surface area (Å²) in [4.78, 5) is 0. The van der Waals surface area contributed by atoms with Gasteiger partial charge in [-0.25, -0.2) is 0 Å². The molecule has 0 atom stereocenters. The first-order valence-corrected chi connectivity index (χ1v) is 5.77. The maximum absolute atomic E-state index is 11.8. The summed E-state index contributed by atoms with van der Waals surface area (Å²) in [5.41, 5.74) is 6.66. The number of benzene rings is 1. The Balaban J connectivity index is 3.10. The molecule has 84 valence electrons. The fourth-order valence-electron chi connectivity index (χ4n) is 1.10. The molecule has 2 N–H and O–H groups in total. The number of nitrogens with two attached hydrogens (primary N) is 1. The summed E-state index contributed by atoms with van der Waals surface area (Å²) < 4.78 is 25.8. The molecule has 0 amide bonds. The molecule has 0 radical (unpaired) electrons. The third-order valence-electron chi connectivity index (χ3n) is 2.04. The molecular weight excluding hydrogens is 214 g/mol. The zero-order valence-corrected chi connectivity index (χ0v) is 9.82. The van der Waals surface area contributed by atoms with E-state index in [-0.39, 0.29) is 0 Å². The number of hydrogen-bond acceptors (Lipinski definition) is 3. The highest BCUT2D eigenvalue weighted by molar-refractivity contribution is 7.90. The van der Waals surface area contributed by atoms with Crippen LogP contribution in [0.1, 0.15) is 0 Å². The molecule has 0 bridgehead atoms. The molecule has 1 aromatic carbocycles. The van der Waals surface area contributed by atoms with Crippen LogP contribution in [-0.2, 0) is 10.2 Å². The summed E-state index contributed by atoms with van der Waals surface area (Å²) in [6.07, 6.45) is 0. The zero-order chi connectivity index (χ0) is 11.6. The largest absolute Gasteiger partial charge is 0.399 e. The van der Waals surface area contributed by atoms with E-state index in [4.69, 9.17) is 5.73 Å². The second kappa shape index (κ2) is 4.08. The Morgan fingerprint density at radius 1 is 1.20 bits per heavy atom. The number of anilines is 2. The van der Waals surface area contributed by atoms with Gasteiger partial charge in [0.15, 0.2) is 0 Å². The molecule has 1 rings (SSSR count). The lowest BCUT2D eigenvalue weighted by molar-refractivity contribution is 0.519. The average Bonchev–Trinajstić information content (AvgIpc) is 2.16. The molecule has 0 spiro atoms. The van der Waals surface area contributed by atoms with Gasteiger partial charge in [0.25, 0.3) is 0 Å². The van der Waals surface area contributed by atoms with Crippen molar-refractivity contribution in [3.05, 3.63) is 24.3 Å². The van der Waals surface area contributed by atoms with Gasteiger partial charge in [-0.3, -0.25) is 4.31 Å². The van der Waals surface area contributed by atoms with Crippen molar-refractivity contribution in [1.29, 1.82) is 0 Å². The van der Waals surface area contributed by atoms with E-state index in [1.54, 1.807) is 24.3 Å². The van der Waals surface area contributed by atoms with Gasteiger partial charge in [0.1, 0.15) is 0 Å². The Morgan fingerprint density at radius 2 is 1.80 bits per heavy atom. The summed E-state index contributed by atoms with van der Waals surface area (Å²) in [6.45, 7) is 0. The van der Waals surface area contributed by atoms with Crippen LogP contribution in [0.4, 0.5) is 11.4 Å². The number of hydrogen-bond donors (Lipinski definition) is 1. The Hall–Kier alpha value is -1.27. The lowest BCUT2D eigenvalue weighted by Gasteiger charge is -2.23. The van der Waals surface area contributed by atoms with Crippen LogP contribution >= 0.6 is 0 Å². The Labute approximate surface area is 90.3 Å². The number of nitrogen functional groups attached to an aromatic ring is 1. The molecule has 6 heteroatoms. The van der Waals surface area contributed by atoms with Crippen molar-refractivity contribution in [1.82, 2.24) is 4.31 Å². The van der Waals surface area contributed by atoms with Crippen LogP contribution in [0, 0.1) is 0 Å². The topological polar surface area (TPSA) is 66.6 Å². The molecule has 5 nitrogen and oxygen atoms in total. The number of rotatable bonds is 3. The third kappa shape index (κ3) is 2.40. The maximum atomic E-state index is 11.8. The summed E-state index contributed by atoms with van der Waals surface area (Å²) in [6, 6.07) is 6.73. The van der Waals surface area contributed by atoms with E-state index < -0.39 is 10.2 Å². The molecule has 0 heterocycles. The Kier molecular flexibility index (Phi) is 3.21. The molecule has 0 aliphatic heterocycles. The van der Waals surface area contributed by atoms with Crippen molar-refractivity contribution in [2.75, 3.05) is 31.2 Å². The summed E-state index contributed by atoms with van der Waals surface area (Å²) >= 11 is 0. The van der Waals surface area contributed by atoms with Crippen molar-refractivity contribution in [2.45, 2.75) is 0 Å². The smallest absolute Gasteiger partial charge is 0.303 e. The van der Waals surface area contributed by atoms with Gasteiger partial charge in [0.05, 0.1) is 5.69 Å². The molecule has 15 heavy (non-hydrogen) atoms. The van der Waals surface area contributed by atoms with Crippen LogP contribution in [0.3, 0.4) is 0 Å². The molecule has 0 unspecified atom stereocenters. The molecule has 0 aliphatic rings. The predicted octanol–water partition coefficient (Wildman–Crippen LogP) is 0.511. The van der Waals surface area contributed by atoms with Gasteiger partial charge in [0, 0.05) is 26.8 Å². The predicted molar refractivity (Wildman–Crippen MR) is 61.9 cm³/mol.